The Kier molecular flexibility index (Phi) is 5.46. The Morgan fingerprint density at radius 2 is 1.31 bits per heavy atom. The summed E-state index contributed by atoms with van der Waals surface area (Å²) in [5.74, 6) is 1.74. The molecule has 0 fully saturated rings. The summed E-state index contributed by atoms with van der Waals surface area (Å²) >= 11 is 0. The van der Waals surface area contributed by atoms with Crippen LogP contribution < -0.4 is 9.47 Å². The minimum absolute atomic E-state index is 0.557. The molecule has 0 saturated carbocycles. The second-order valence-corrected chi connectivity index (χ2v) is 6.52. The summed E-state index contributed by atoms with van der Waals surface area (Å²) in [7, 11) is 3.22. The average Bonchev–Trinajstić information content (AvgIpc) is 2.67. The molecular formula is C21H23N3O2. The molecular weight excluding hydrogens is 326 g/mol. The number of nitrogens with zero attached hydrogens (tertiary/aromatic N) is 3. The summed E-state index contributed by atoms with van der Waals surface area (Å²) in [4.78, 5) is 13.4. The van der Waals surface area contributed by atoms with E-state index in [4.69, 9.17) is 14.5 Å². The third-order valence-electron chi connectivity index (χ3n) is 4.01. The van der Waals surface area contributed by atoms with E-state index >= 15 is 0 Å². The molecule has 3 aromatic rings. The molecule has 5 nitrogen and oxygen atoms in total. The van der Waals surface area contributed by atoms with Crippen molar-refractivity contribution >= 4 is 0 Å². The lowest BCUT2D eigenvalue weighted by molar-refractivity contribution is 0.398. The minimum atomic E-state index is 0.557. The van der Waals surface area contributed by atoms with E-state index in [-0.39, 0.29) is 0 Å². The van der Waals surface area contributed by atoms with Gasteiger partial charge in [-0.2, -0.15) is 0 Å². The number of hydrogen-bond acceptors (Lipinski definition) is 5. The summed E-state index contributed by atoms with van der Waals surface area (Å²) < 4.78 is 10.3. The van der Waals surface area contributed by atoms with Gasteiger partial charge < -0.3 is 9.47 Å². The van der Waals surface area contributed by atoms with Gasteiger partial charge in [-0.15, -0.1) is 0 Å². The first-order valence-corrected chi connectivity index (χ1v) is 8.61. The molecule has 0 spiro atoms. The van der Waals surface area contributed by atoms with Crippen molar-refractivity contribution < 1.29 is 9.47 Å². The Morgan fingerprint density at radius 3 is 1.65 bits per heavy atom. The van der Waals surface area contributed by atoms with Crippen LogP contribution in [0.15, 0.2) is 48.8 Å². The standard InChI is InChI=1S/C21H23N3O2/c1-14(2)9-15-10-18(16-5-7-20(25-3)22-12-16)24-19(11-15)17-6-8-21(26-4)23-13-17/h5-8,10-14H,9H2,1-4H3. The zero-order valence-electron chi connectivity index (χ0n) is 15.6. The monoisotopic (exact) mass is 349 g/mol. The zero-order chi connectivity index (χ0) is 18.5. The number of rotatable bonds is 6. The molecule has 5 heteroatoms. The van der Waals surface area contributed by atoms with Crippen molar-refractivity contribution in [3.63, 3.8) is 0 Å². The molecule has 0 aromatic carbocycles. The minimum Gasteiger partial charge on any atom is -0.481 e. The van der Waals surface area contributed by atoms with E-state index in [2.05, 4.69) is 35.9 Å². The Hall–Kier alpha value is -2.95. The zero-order valence-corrected chi connectivity index (χ0v) is 15.6. The molecule has 3 aromatic heterocycles. The number of methoxy groups -OCH3 is 2. The van der Waals surface area contributed by atoms with Gasteiger partial charge in [-0.1, -0.05) is 13.8 Å². The highest BCUT2D eigenvalue weighted by atomic mass is 16.5. The van der Waals surface area contributed by atoms with Crippen LogP contribution >= 0.6 is 0 Å². The van der Waals surface area contributed by atoms with Gasteiger partial charge in [0.15, 0.2) is 0 Å². The fourth-order valence-corrected chi connectivity index (χ4v) is 2.78. The van der Waals surface area contributed by atoms with Crippen molar-refractivity contribution in [3.8, 4) is 34.3 Å². The SMILES string of the molecule is COc1ccc(-c2cc(CC(C)C)cc(-c3ccc(OC)nc3)n2)cn1. The molecule has 0 aliphatic heterocycles. The van der Waals surface area contributed by atoms with Gasteiger partial charge in [-0.25, -0.2) is 15.0 Å². The highest BCUT2D eigenvalue weighted by Crippen LogP contribution is 2.26. The van der Waals surface area contributed by atoms with Crippen molar-refractivity contribution in [2.45, 2.75) is 20.3 Å². The van der Waals surface area contributed by atoms with E-state index < -0.39 is 0 Å². The number of hydrogen-bond donors (Lipinski definition) is 0. The van der Waals surface area contributed by atoms with E-state index in [1.54, 1.807) is 26.6 Å². The molecule has 0 atom stereocenters. The van der Waals surface area contributed by atoms with Crippen molar-refractivity contribution in [1.29, 1.82) is 0 Å². The normalized spacial score (nSPS) is 10.8. The van der Waals surface area contributed by atoms with Crippen LogP contribution in [0.5, 0.6) is 11.8 Å². The molecule has 0 bridgehead atoms. The molecule has 3 heterocycles. The van der Waals surface area contributed by atoms with Crippen molar-refractivity contribution in [2.75, 3.05) is 14.2 Å². The highest BCUT2D eigenvalue weighted by Gasteiger charge is 2.10. The first-order chi connectivity index (χ1) is 12.6. The van der Waals surface area contributed by atoms with E-state index in [9.17, 15) is 0 Å². The second kappa shape index (κ2) is 7.95. The predicted molar refractivity (Wildman–Crippen MR) is 102 cm³/mol. The molecule has 0 unspecified atom stereocenters. The van der Waals surface area contributed by atoms with Crippen LogP contribution in [0.3, 0.4) is 0 Å². The second-order valence-electron chi connectivity index (χ2n) is 6.52. The molecule has 26 heavy (non-hydrogen) atoms. The van der Waals surface area contributed by atoms with Gasteiger partial charge in [0.05, 0.1) is 25.6 Å². The van der Waals surface area contributed by atoms with Crippen LogP contribution in [0, 0.1) is 5.92 Å². The molecule has 0 aliphatic rings. The van der Waals surface area contributed by atoms with E-state index in [1.807, 2.05) is 24.3 Å². The number of aromatic nitrogens is 3. The Bertz CT molecular complexity index is 794. The molecule has 0 saturated heterocycles. The van der Waals surface area contributed by atoms with Crippen LogP contribution in [0.1, 0.15) is 19.4 Å². The third-order valence-corrected chi connectivity index (χ3v) is 4.01. The van der Waals surface area contributed by atoms with Crippen LogP contribution in [0.4, 0.5) is 0 Å². The average molecular weight is 349 g/mol. The third kappa shape index (κ3) is 4.17. The molecule has 3 rings (SSSR count). The first kappa shape index (κ1) is 17.9. The van der Waals surface area contributed by atoms with Gasteiger partial charge in [0, 0.05) is 35.7 Å². The summed E-state index contributed by atoms with van der Waals surface area (Å²) in [5, 5.41) is 0. The lowest BCUT2D eigenvalue weighted by Crippen LogP contribution is -1.98. The van der Waals surface area contributed by atoms with Crippen LogP contribution in [-0.4, -0.2) is 29.2 Å². The molecule has 0 radical (unpaired) electrons. The van der Waals surface area contributed by atoms with Gasteiger partial charge in [0.2, 0.25) is 11.8 Å². The van der Waals surface area contributed by atoms with Gasteiger partial charge >= 0.3 is 0 Å². The Morgan fingerprint density at radius 1 is 0.808 bits per heavy atom. The smallest absolute Gasteiger partial charge is 0.212 e. The van der Waals surface area contributed by atoms with Crippen LogP contribution in [-0.2, 0) is 6.42 Å². The predicted octanol–water partition coefficient (Wildman–Crippen LogP) is 4.42. The fourth-order valence-electron chi connectivity index (χ4n) is 2.78. The van der Waals surface area contributed by atoms with Crippen molar-refractivity contribution in [1.82, 2.24) is 15.0 Å². The first-order valence-electron chi connectivity index (χ1n) is 8.61. The lowest BCUT2D eigenvalue weighted by Gasteiger charge is -2.11. The Balaban J connectivity index is 2.04. The summed E-state index contributed by atoms with van der Waals surface area (Å²) in [6.45, 7) is 4.42. The molecule has 0 amide bonds. The number of ether oxygens (including phenoxy) is 2. The van der Waals surface area contributed by atoms with Crippen molar-refractivity contribution in [3.05, 3.63) is 54.4 Å². The van der Waals surface area contributed by atoms with Gasteiger partial charge in [-0.3, -0.25) is 0 Å². The molecule has 0 N–H and O–H groups in total. The van der Waals surface area contributed by atoms with Crippen molar-refractivity contribution in [2.24, 2.45) is 5.92 Å². The number of pyridine rings is 3. The topological polar surface area (TPSA) is 57.1 Å². The highest BCUT2D eigenvalue weighted by molar-refractivity contribution is 5.67. The maximum absolute atomic E-state index is 5.14. The summed E-state index contributed by atoms with van der Waals surface area (Å²) in [5.41, 5.74) is 4.94. The lowest BCUT2D eigenvalue weighted by atomic mass is 9.99. The van der Waals surface area contributed by atoms with Gasteiger partial charge in [0.25, 0.3) is 0 Å². The summed E-state index contributed by atoms with van der Waals surface area (Å²) in [6, 6.07) is 11.9. The maximum atomic E-state index is 5.14. The van der Waals surface area contributed by atoms with Crippen LogP contribution in [0.2, 0.25) is 0 Å². The van der Waals surface area contributed by atoms with E-state index in [0.29, 0.717) is 17.7 Å². The van der Waals surface area contributed by atoms with E-state index in [0.717, 1.165) is 28.9 Å². The van der Waals surface area contributed by atoms with E-state index in [1.165, 1.54) is 5.56 Å². The maximum Gasteiger partial charge on any atom is 0.212 e. The summed E-state index contributed by atoms with van der Waals surface area (Å²) in [6.07, 6.45) is 4.56. The molecule has 134 valence electrons. The van der Waals surface area contributed by atoms with Crippen LogP contribution in [0.25, 0.3) is 22.5 Å². The van der Waals surface area contributed by atoms with Gasteiger partial charge in [-0.05, 0) is 42.2 Å². The Labute approximate surface area is 154 Å². The fraction of sp³-hybridized carbons (Fsp3) is 0.286. The molecule has 0 aliphatic carbocycles. The largest absolute Gasteiger partial charge is 0.481 e. The quantitative estimate of drug-likeness (QED) is 0.659. The van der Waals surface area contributed by atoms with Gasteiger partial charge in [0.1, 0.15) is 0 Å².